The fourth-order valence-corrected chi connectivity index (χ4v) is 2.46. The standard InChI is InChI=1S/C17H14FNO3.H3NO/c1-22-16-5-2-10(7-14(16)18)6-13-8-11-3-4-12(17(20)21)9-15(11)19-13;1-2/h2-5,7-9,19H,6H2,1H3,(H,20,21);2H,1H2. The number of carboxylic acids is 1. The molecule has 3 rings (SSSR count). The van der Waals surface area contributed by atoms with Crippen molar-refractivity contribution in [3.8, 4) is 5.75 Å². The summed E-state index contributed by atoms with van der Waals surface area (Å²) in [7, 11) is 1.43. The number of nitrogens with two attached hydrogens (primary N) is 1. The third-order valence-corrected chi connectivity index (χ3v) is 3.54. The highest BCUT2D eigenvalue weighted by atomic mass is 19.1. The van der Waals surface area contributed by atoms with Crippen LogP contribution in [-0.2, 0) is 6.42 Å². The number of benzene rings is 2. The van der Waals surface area contributed by atoms with Crippen LogP contribution in [0.4, 0.5) is 4.39 Å². The number of rotatable bonds is 4. The average Bonchev–Trinajstić information content (AvgIpc) is 2.98. The number of ether oxygens (including phenoxy) is 1. The number of aromatic amines is 1. The lowest BCUT2D eigenvalue weighted by Crippen LogP contribution is -1.95. The number of aromatic nitrogens is 1. The summed E-state index contributed by atoms with van der Waals surface area (Å²) in [6, 6.07) is 11.7. The van der Waals surface area contributed by atoms with E-state index in [1.807, 2.05) is 6.07 Å². The highest BCUT2D eigenvalue weighted by Gasteiger charge is 2.08. The molecule has 6 nitrogen and oxygen atoms in total. The molecule has 0 saturated carbocycles. The van der Waals surface area contributed by atoms with E-state index in [0.29, 0.717) is 6.42 Å². The normalized spacial score (nSPS) is 10.2. The number of nitrogens with one attached hydrogen (secondary N) is 1. The number of hydrogen-bond donors (Lipinski definition) is 4. The number of fused-ring (bicyclic) bond motifs is 1. The SMILES string of the molecule is COc1ccc(Cc2cc3ccc(C(=O)O)cc3[nH]2)cc1F.NO. The van der Waals surface area contributed by atoms with Gasteiger partial charge in [0.15, 0.2) is 11.6 Å². The molecule has 0 aliphatic carbocycles. The van der Waals surface area contributed by atoms with Crippen LogP contribution in [0.1, 0.15) is 21.6 Å². The maximum atomic E-state index is 13.7. The molecule has 0 atom stereocenters. The van der Waals surface area contributed by atoms with Crippen molar-refractivity contribution < 1.29 is 24.2 Å². The molecule has 1 heterocycles. The predicted octanol–water partition coefficient (Wildman–Crippen LogP) is 2.94. The second kappa shape index (κ2) is 7.58. The quantitative estimate of drug-likeness (QED) is 0.549. The lowest BCUT2D eigenvalue weighted by molar-refractivity contribution is 0.0697. The van der Waals surface area contributed by atoms with Crippen LogP contribution in [-0.4, -0.2) is 28.4 Å². The second-order valence-corrected chi connectivity index (χ2v) is 5.05. The van der Waals surface area contributed by atoms with Crippen LogP contribution in [0.15, 0.2) is 42.5 Å². The topological polar surface area (TPSA) is 109 Å². The first kappa shape index (κ1) is 17.5. The molecule has 1 aromatic heterocycles. The van der Waals surface area contributed by atoms with Gasteiger partial charge < -0.3 is 20.0 Å². The Labute approximate surface area is 137 Å². The van der Waals surface area contributed by atoms with Gasteiger partial charge in [0.1, 0.15) is 0 Å². The molecule has 3 aromatic rings. The summed E-state index contributed by atoms with van der Waals surface area (Å²) in [5.74, 6) is 2.35. The van der Waals surface area contributed by atoms with E-state index < -0.39 is 11.8 Å². The number of methoxy groups -OCH3 is 1. The molecule has 7 heteroatoms. The zero-order valence-corrected chi connectivity index (χ0v) is 12.9. The van der Waals surface area contributed by atoms with Gasteiger partial charge in [0, 0.05) is 17.6 Å². The molecule has 0 fully saturated rings. The Morgan fingerprint density at radius 2 is 1.96 bits per heavy atom. The fraction of sp³-hybridized carbons (Fsp3) is 0.118. The number of aromatic carboxylic acids is 1. The van der Waals surface area contributed by atoms with Crippen LogP contribution >= 0.6 is 0 Å². The monoisotopic (exact) mass is 332 g/mol. The Balaban J connectivity index is 0.00000100. The first-order valence-corrected chi connectivity index (χ1v) is 7.00. The number of halogens is 1. The van der Waals surface area contributed by atoms with Crippen LogP contribution < -0.4 is 10.6 Å². The largest absolute Gasteiger partial charge is 0.494 e. The number of carboxylic acid groups (broad SMARTS) is 1. The van der Waals surface area contributed by atoms with E-state index in [4.69, 9.17) is 15.1 Å². The van der Waals surface area contributed by atoms with Gasteiger partial charge in [-0.3, -0.25) is 0 Å². The summed E-state index contributed by atoms with van der Waals surface area (Å²) in [4.78, 5) is 14.1. The van der Waals surface area contributed by atoms with Crippen LogP contribution in [0.3, 0.4) is 0 Å². The summed E-state index contributed by atoms with van der Waals surface area (Å²) in [5.41, 5.74) is 2.69. The Morgan fingerprint density at radius 3 is 2.58 bits per heavy atom. The first-order valence-electron chi connectivity index (χ1n) is 7.00. The summed E-state index contributed by atoms with van der Waals surface area (Å²) in [5, 5.41) is 16.4. The second-order valence-electron chi connectivity index (χ2n) is 5.05. The molecule has 0 saturated heterocycles. The molecule has 126 valence electrons. The number of H-pyrrole nitrogens is 1. The van der Waals surface area contributed by atoms with E-state index in [1.54, 1.807) is 30.3 Å². The van der Waals surface area contributed by atoms with Gasteiger partial charge in [-0.15, -0.1) is 0 Å². The minimum atomic E-state index is -0.963. The van der Waals surface area contributed by atoms with Crippen molar-refractivity contribution in [1.29, 1.82) is 0 Å². The molecule has 0 spiro atoms. The molecule has 5 N–H and O–H groups in total. The molecule has 24 heavy (non-hydrogen) atoms. The van der Waals surface area contributed by atoms with Gasteiger partial charge in [-0.2, -0.15) is 0 Å². The van der Waals surface area contributed by atoms with Gasteiger partial charge in [-0.1, -0.05) is 12.1 Å². The van der Waals surface area contributed by atoms with Crippen molar-refractivity contribution in [3.05, 3.63) is 65.1 Å². The summed E-state index contributed by atoms with van der Waals surface area (Å²) < 4.78 is 18.6. The third-order valence-electron chi connectivity index (χ3n) is 3.54. The third kappa shape index (κ3) is 3.70. The van der Waals surface area contributed by atoms with Crippen molar-refractivity contribution >= 4 is 16.9 Å². The lowest BCUT2D eigenvalue weighted by atomic mass is 10.1. The van der Waals surface area contributed by atoms with Crippen molar-refractivity contribution in [2.24, 2.45) is 5.90 Å². The van der Waals surface area contributed by atoms with Gasteiger partial charge in [0.2, 0.25) is 0 Å². The van der Waals surface area contributed by atoms with Gasteiger partial charge in [-0.05, 0) is 41.3 Å². The molecule has 0 aliphatic heterocycles. The average molecular weight is 332 g/mol. The van der Waals surface area contributed by atoms with Crippen molar-refractivity contribution in [2.45, 2.75) is 6.42 Å². The maximum Gasteiger partial charge on any atom is 0.335 e. The molecule has 0 radical (unpaired) electrons. The fourth-order valence-electron chi connectivity index (χ4n) is 2.46. The van der Waals surface area contributed by atoms with Crippen LogP contribution in [0.2, 0.25) is 0 Å². The van der Waals surface area contributed by atoms with Crippen LogP contribution in [0.5, 0.6) is 5.75 Å². The predicted molar refractivity (Wildman–Crippen MR) is 87.0 cm³/mol. The van der Waals surface area contributed by atoms with E-state index >= 15 is 0 Å². The minimum Gasteiger partial charge on any atom is -0.494 e. The lowest BCUT2D eigenvalue weighted by Gasteiger charge is -2.04. The van der Waals surface area contributed by atoms with Crippen molar-refractivity contribution in [3.63, 3.8) is 0 Å². The van der Waals surface area contributed by atoms with E-state index in [-0.39, 0.29) is 11.3 Å². The van der Waals surface area contributed by atoms with E-state index in [9.17, 15) is 9.18 Å². The Hall–Kier alpha value is -2.90. The van der Waals surface area contributed by atoms with Crippen molar-refractivity contribution in [1.82, 2.24) is 4.98 Å². The first-order chi connectivity index (χ1) is 11.6. The van der Waals surface area contributed by atoms with Crippen LogP contribution in [0, 0.1) is 5.82 Å². The van der Waals surface area contributed by atoms with E-state index in [1.165, 1.54) is 13.2 Å². The Bertz CT molecular complexity index is 861. The minimum absolute atomic E-state index is 0.214. The van der Waals surface area contributed by atoms with Crippen LogP contribution in [0.25, 0.3) is 10.9 Å². The van der Waals surface area contributed by atoms with Gasteiger partial charge >= 0.3 is 5.97 Å². The van der Waals surface area contributed by atoms with Gasteiger partial charge in [0.25, 0.3) is 0 Å². The highest BCUT2D eigenvalue weighted by Crippen LogP contribution is 2.22. The van der Waals surface area contributed by atoms with Gasteiger partial charge in [0.05, 0.1) is 12.7 Å². The Kier molecular flexibility index (Phi) is 5.51. The Morgan fingerprint density at radius 1 is 1.21 bits per heavy atom. The highest BCUT2D eigenvalue weighted by molar-refractivity contribution is 5.93. The molecule has 0 unspecified atom stereocenters. The molecule has 2 aromatic carbocycles. The zero-order valence-electron chi connectivity index (χ0n) is 12.9. The summed E-state index contributed by atoms with van der Waals surface area (Å²) in [6.07, 6.45) is 0.526. The molecular formula is C17H17FN2O4. The van der Waals surface area contributed by atoms with Crippen molar-refractivity contribution in [2.75, 3.05) is 7.11 Å². The van der Waals surface area contributed by atoms with E-state index in [2.05, 4.69) is 10.9 Å². The van der Waals surface area contributed by atoms with Gasteiger partial charge in [-0.25, -0.2) is 15.1 Å². The molecular weight excluding hydrogens is 315 g/mol. The molecule has 0 aliphatic rings. The molecule has 0 bridgehead atoms. The van der Waals surface area contributed by atoms with E-state index in [0.717, 1.165) is 22.2 Å². The summed E-state index contributed by atoms with van der Waals surface area (Å²) >= 11 is 0. The maximum absolute atomic E-state index is 13.7. The smallest absolute Gasteiger partial charge is 0.335 e. The number of carbonyl (C=O) groups is 1. The zero-order chi connectivity index (χ0) is 17.7. The number of hydrogen-bond acceptors (Lipinski definition) is 4. The molecule has 0 amide bonds. The summed E-state index contributed by atoms with van der Waals surface area (Å²) in [6.45, 7) is 0.